The normalized spacial score (nSPS) is 11.2. The van der Waals surface area contributed by atoms with Crippen molar-refractivity contribution in [1.29, 1.82) is 0 Å². The van der Waals surface area contributed by atoms with Gasteiger partial charge in [-0.05, 0) is 71.4 Å². The highest BCUT2D eigenvalue weighted by atomic mass is 16.3. The Morgan fingerprint density at radius 2 is 0.544 bits per heavy atom. The summed E-state index contributed by atoms with van der Waals surface area (Å²) < 4.78 is 0. The van der Waals surface area contributed by atoms with Crippen molar-refractivity contribution in [3.63, 3.8) is 0 Å². The van der Waals surface area contributed by atoms with E-state index in [2.05, 4.69) is 30.7 Å². The average molecular weight is 743 g/mol. The van der Waals surface area contributed by atoms with Crippen LogP contribution in [0.25, 0.3) is 32.3 Å². The summed E-state index contributed by atoms with van der Waals surface area (Å²) in [6.07, 6.45) is 0. The fourth-order valence-corrected chi connectivity index (χ4v) is 5.86. The summed E-state index contributed by atoms with van der Waals surface area (Å²) in [4.78, 5) is 0. The van der Waals surface area contributed by atoms with Crippen molar-refractivity contribution in [3.8, 4) is 17.2 Å². The fraction of sp³-hybridized carbons (Fsp3) is 0. The van der Waals surface area contributed by atoms with Gasteiger partial charge in [-0.15, -0.1) is 26.8 Å². The van der Waals surface area contributed by atoms with E-state index in [1.165, 1.54) is 12.1 Å². The maximum atomic E-state index is 11.7. The largest absolute Gasteiger partial charge is 0.872 e. The molecule has 9 aromatic rings. The summed E-state index contributed by atoms with van der Waals surface area (Å²) >= 11 is 0. The topological polar surface area (TPSA) is 141 Å². The van der Waals surface area contributed by atoms with Crippen LogP contribution in [0.2, 0.25) is 0 Å². The van der Waals surface area contributed by atoms with Crippen LogP contribution in [-0.4, -0.2) is 5.11 Å². The Labute approximate surface area is 328 Å². The second kappa shape index (κ2) is 18.3. The van der Waals surface area contributed by atoms with Gasteiger partial charge in [-0.1, -0.05) is 140 Å². The van der Waals surface area contributed by atoms with Crippen LogP contribution < -0.4 is 10.2 Å². The van der Waals surface area contributed by atoms with Crippen molar-refractivity contribution in [3.05, 3.63) is 200 Å². The molecule has 0 spiro atoms. The lowest BCUT2D eigenvalue weighted by molar-refractivity contribution is -0.266. The van der Waals surface area contributed by atoms with Crippen LogP contribution in [0.5, 0.6) is 17.2 Å². The number of aromatic hydroxyl groups is 1. The minimum absolute atomic E-state index is 0.00858. The number of fused-ring (bicyclic) bond motifs is 3. The molecule has 0 aromatic heterocycles. The molecule has 276 valence electrons. The van der Waals surface area contributed by atoms with Crippen LogP contribution in [-0.2, 0) is 0 Å². The molecule has 0 aliphatic heterocycles. The predicted molar refractivity (Wildman–Crippen MR) is 224 cm³/mol. The zero-order valence-electron chi connectivity index (χ0n) is 30.5. The van der Waals surface area contributed by atoms with Crippen LogP contribution in [0.15, 0.2) is 231 Å². The van der Waals surface area contributed by atoms with E-state index in [0.29, 0.717) is 22.1 Å². The van der Waals surface area contributed by atoms with Crippen LogP contribution in [0, 0.1) is 0 Å². The van der Waals surface area contributed by atoms with E-state index >= 15 is 0 Å². The van der Waals surface area contributed by atoms with Crippen LogP contribution >= 0.6 is 0 Å². The number of hydrogen-bond donors (Lipinski definition) is 1. The Morgan fingerprint density at radius 1 is 0.263 bits per heavy atom. The van der Waals surface area contributed by atoms with Crippen LogP contribution in [0.3, 0.4) is 0 Å². The van der Waals surface area contributed by atoms with Crippen LogP contribution in [0.4, 0.5) is 34.1 Å². The second-order valence-corrected chi connectivity index (χ2v) is 12.5. The van der Waals surface area contributed by atoms with E-state index in [0.717, 1.165) is 44.3 Å². The summed E-state index contributed by atoms with van der Waals surface area (Å²) in [6, 6.07) is 60.9. The van der Waals surface area contributed by atoms with Crippen molar-refractivity contribution < 1.29 is 15.3 Å². The first kappa shape index (κ1) is 37.3. The molecule has 0 atom stereocenters. The van der Waals surface area contributed by atoms with E-state index in [1.807, 2.05) is 152 Å². The third-order valence-corrected chi connectivity index (χ3v) is 8.69. The molecule has 9 heteroatoms. The number of benzene rings is 9. The van der Waals surface area contributed by atoms with E-state index in [1.54, 1.807) is 36.4 Å². The summed E-state index contributed by atoms with van der Waals surface area (Å²) in [7, 11) is 0. The van der Waals surface area contributed by atoms with Gasteiger partial charge in [-0.3, -0.25) is 0 Å². The summed E-state index contributed by atoms with van der Waals surface area (Å²) in [5.74, 6) is 0.276. The number of rotatable bonds is 6. The Balaban J connectivity index is 0.000000131. The summed E-state index contributed by atoms with van der Waals surface area (Å²) in [5.41, 5.74) is 4.55. The van der Waals surface area contributed by atoms with Crippen molar-refractivity contribution in [2.75, 3.05) is 0 Å². The van der Waals surface area contributed by atoms with Gasteiger partial charge in [-0.2, -0.15) is 15.3 Å². The molecular formula is C48H34N6O3-2. The minimum atomic E-state index is 0.00858. The highest BCUT2D eigenvalue weighted by Crippen LogP contribution is 2.35. The van der Waals surface area contributed by atoms with E-state index in [4.69, 9.17) is 0 Å². The van der Waals surface area contributed by atoms with Gasteiger partial charge in [0, 0.05) is 21.5 Å². The molecule has 9 rings (SSSR count). The number of azo groups is 3. The molecule has 1 N–H and O–H groups in total. The van der Waals surface area contributed by atoms with Gasteiger partial charge < -0.3 is 15.3 Å². The SMILES string of the molecule is Oc1ccc(N=Nc2ccccc2)c2ccccc12.[O-]c1ccc(N=Nc2ccccc2)c2ccccc12.[O-]c1ccc(N=Nc2ccccc2)c2ccccc12. The van der Waals surface area contributed by atoms with E-state index in [-0.39, 0.29) is 17.2 Å². The molecule has 0 aliphatic rings. The molecule has 0 amide bonds. The van der Waals surface area contributed by atoms with Gasteiger partial charge in [0.05, 0.1) is 34.1 Å². The number of phenols is 1. The van der Waals surface area contributed by atoms with Crippen molar-refractivity contribution in [1.82, 2.24) is 0 Å². The van der Waals surface area contributed by atoms with Crippen molar-refractivity contribution in [2.45, 2.75) is 0 Å². The molecule has 0 radical (unpaired) electrons. The van der Waals surface area contributed by atoms with Gasteiger partial charge in [0.15, 0.2) is 0 Å². The molecule has 0 heterocycles. The smallest absolute Gasteiger partial charge is 0.123 e. The zero-order chi connectivity index (χ0) is 39.2. The lowest BCUT2D eigenvalue weighted by Crippen LogP contribution is -1.90. The standard InChI is InChI=1S/3C16H12N2O/c3*19-16-11-10-15(13-8-4-5-9-14(13)16)18-17-12-6-2-1-3-7-12/h3*1-11,19H/p-2. The third kappa shape index (κ3) is 9.56. The Bertz CT molecular complexity index is 2520. The Hall–Kier alpha value is -8.04. The molecule has 0 unspecified atom stereocenters. The molecule has 9 aromatic carbocycles. The molecule has 0 saturated carbocycles. The number of nitrogens with zero attached hydrogens (tertiary/aromatic N) is 6. The zero-order valence-corrected chi connectivity index (χ0v) is 30.5. The van der Waals surface area contributed by atoms with E-state index < -0.39 is 0 Å². The van der Waals surface area contributed by atoms with Crippen LogP contribution in [0.1, 0.15) is 0 Å². The van der Waals surface area contributed by atoms with Gasteiger partial charge in [0.25, 0.3) is 0 Å². The summed E-state index contributed by atoms with van der Waals surface area (Å²) in [5, 5.41) is 63.2. The lowest BCUT2D eigenvalue weighted by atomic mass is 10.1. The molecule has 0 fully saturated rings. The first-order chi connectivity index (χ1) is 28.0. The fourth-order valence-electron chi connectivity index (χ4n) is 5.86. The molecule has 57 heavy (non-hydrogen) atoms. The van der Waals surface area contributed by atoms with Gasteiger partial charge in [0.1, 0.15) is 5.75 Å². The highest BCUT2D eigenvalue weighted by Gasteiger charge is 2.04. The molecule has 0 bridgehead atoms. The first-order valence-corrected chi connectivity index (χ1v) is 18.0. The number of hydrogen-bond acceptors (Lipinski definition) is 9. The first-order valence-electron chi connectivity index (χ1n) is 18.0. The maximum Gasteiger partial charge on any atom is 0.123 e. The molecular weight excluding hydrogens is 709 g/mol. The monoisotopic (exact) mass is 742 g/mol. The van der Waals surface area contributed by atoms with Crippen molar-refractivity contribution in [2.24, 2.45) is 30.7 Å². The highest BCUT2D eigenvalue weighted by molar-refractivity contribution is 5.98. The third-order valence-electron chi connectivity index (χ3n) is 8.69. The Kier molecular flexibility index (Phi) is 12.0. The maximum absolute atomic E-state index is 11.7. The minimum Gasteiger partial charge on any atom is -0.872 e. The number of phenolic OH excluding ortho intramolecular Hbond substituents is 1. The average Bonchev–Trinajstić information content (AvgIpc) is 3.28. The lowest BCUT2D eigenvalue weighted by Gasteiger charge is -2.10. The Morgan fingerprint density at radius 3 is 0.912 bits per heavy atom. The van der Waals surface area contributed by atoms with Gasteiger partial charge in [0.2, 0.25) is 0 Å². The second-order valence-electron chi connectivity index (χ2n) is 12.5. The summed E-state index contributed by atoms with van der Waals surface area (Å²) in [6.45, 7) is 0. The quantitative estimate of drug-likeness (QED) is 0.169. The predicted octanol–water partition coefficient (Wildman–Crippen LogP) is 13.6. The molecule has 9 nitrogen and oxygen atoms in total. The van der Waals surface area contributed by atoms with E-state index in [9.17, 15) is 15.3 Å². The van der Waals surface area contributed by atoms with Crippen molar-refractivity contribution >= 4 is 66.4 Å². The molecule has 0 aliphatic carbocycles. The van der Waals surface area contributed by atoms with Gasteiger partial charge >= 0.3 is 0 Å². The molecule has 0 saturated heterocycles. The van der Waals surface area contributed by atoms with Gasteiger partial charge in [-0.25, -0.2) is 0 Å².